The number of nitrogens with zero attached hydrogens (tertiary/aromatic N) is 2. The number of carbonyl (C=O) groups is 5. The third-order valence-corrected chi connectivity index (χ3v) is 5.36. The summed E-state index contributed by atoms with van der Waals surface area (Å²) in [6.45, 7) is 0. The van der Waals surface area contributed by atoms with E-state index in [1.54, 1.807) is 54.6 Å². The minimum Gasteiger partial charge on any atom is -0.497 e. The summed E-state index contributed by atoms with van der Waals surface area (Å²) in [7, 11) is 1.48. The highest BCUT2D eigenvalue weighted by Gasteiger charge is 2.40. The summed E-state index contributed by atoms with van der Waals surface area (Å²) in [5.74, 6) is -3.50. The van der Waals surface area contributed by atoms with E-state index < -0.39 is 29.7 Å². The summed E-state index contributed by atoms with van der Waals surface area (Å²) in [6.07, 6.45) is 0.951. The van der Waals surface area contributed by atoms with Crippen molar-refractivity contribution in [1.29, 1.82) is 0 Å². The number of amides is 6. The zero-order chi connectivity index (χ0) is 26.4. The van der Waals surface area contributed by atoms with E-state index in [-0.39, 0.29) is 17.2 Å². The molecule has 0 spiro atoms. The van der Waals surface area contributed by atoms with Gasteiger partial charge in [0.1, 0.15) is 5.75 Å². The van der Waals surface area contributed by atoms with Crippen LogP contribution in [0.5, 0.6) is 5.75 Å². The van der Waals surface area contributed by atoms with Crippen LogP contribution in [0.3, 0.4) is 0 Å². The molecule has 1 aliphatic rings. The molecule has 1 fully saturated rings. The molecule has 3 aromatic rings. The lowest BCUT2D eigenvalue weighted by molar-refractivity contribution is -0.131. The van der Waals surface area contributed by atoms with E-state index in [1.165, 1.54) is 31.4 Å². The molecule has 1 saturated heterocycles. The van der Waals surface area contributed by atoms with Crippen LogP contribution < -0.4 is 25.7 Å². The van der Waals surface area contributed by atoms with Crippen molar-refractivity contribution in [2.45, 2.75) is 0 Å². The van der Waals surface area contributed by atoms with Crippen LogP contribution in [-0.4, -0.2) is 43.0 Å². The molecule has 4 rings (SSSR count). The van der Waals surface area contributed by atoms with Gasteiger partial charge in [0.25, 0.3) is 17.7 Å². The number of methoxy groups -OCH3 is 1. The van der Waals surface area contributed by atoms with Crippen LogP contribution >= 0.6 is 0 Å². The summed E-state index contributed by atoms with van der Waals surface area (Å²) in [5, 5.41) is 8.55. The summed E-state index contributed by atoms with van der Waals surface area (Å²) in [5.41, 5.74) is 3.69. The van der Waals surface area contributed by atoms with Crippen LogP contribution in [0.25, 0.3) is 0 Å². The first-order chi connectivity index (χ1) is 17.9. The van der Waals surface area contributed by atoms with Crippen molar-refractivity contribution in [2.75, 3.05) is 17.3 Å². The van der Waals surface area contributed by atoms with E-state index in [0.29, 0.717) is 17.0 Å². The largest absolute Gasteiger partial charge is 0.497 e. The van der Waals surface area contributed by atoms with Gasteiger partial charge in [-0.1, -0.05) is 18.2 Å². The van der Waals surface area contributed by atoms with Crippen LogP contribution in [0.2, 0.25) is 0 Å². The van der Waals surface area contributed by atoms with Gasteiger partial charge in [-0.2, -0.15) is 5.10 Å². The molecule has 1 heterocycles. The zero-order valence-corrected chi connectivity index (χ0v) is 19.5. The van der Waals surface area contributed by atoms with Gasteiger partial charge in [-0.05, 0) is 60.7 Å². The number of anilines is 2. The first-order valence-corrected chi connectivity index (χ1v) is 11.0. The molecule has 37 heavy (non-hydrogen) atoms. The number of carbonyl (C=O) groups excluding carboxylic acids is 5. The van der Waals surface area contributed by atoms with E-state index >= 15 is 0 Å². The third-order valence-electron chi connectivity index (χ3n) is 5.36. The fraction of sp³-hybridized carbons (Fsp3) is 0.0769. The molecule has 0 radical (unpaired) electrons. The van der Waals surface area contributed by atoms with Crippen LogP contribution in [0.1, 0.15) is 20.7 Å². The van der Waals surface area contributed by atoms with Crippen LogP contribution in [0, 0.1) is 5.92 Å². The second-order valence-electron chi connectivity index (χ2n) is 7.76. The molecule has 3 aromatic carbocycles. The Morgan fingerprint density at radius 2 is 1.54 bits per heavy atom. The highest BCUT2D eigenvalue weighted by molar-refractivity contribution is 6.32. The summed E-state index contributed by atoms with van der Waals surface area (Å²) < 4.78 is 5.06. The van der Waals surface area contributed by atoms with Crippen LogP contribution in [0.4, 0.5) is 16.2 Å². The van der Waals surface area contributed by atoms with E-state index in [1.807, 2.05) is 0 Å². The number of nitrogens with one attached hydrogen (secondary N) is 3. The van der Waals surface area contributed by atoms with Crippen LogP contribution in [-0.2, 0) is 9.59 Å². The Hall–Kier alpha value is -5.32. The number of hydrogen-bond acceptors (Lipinski definition) is 7. The van der Waals surface area contributed by atoms with Gasteiger partial charge in [0, 0.05) is 23.0 Å². The molecule has 11 heteroatoms. The number of barbiturate groups is 1. The number of urea groups is 1. The van der Waals surface area contributed by atoms with Gasteiger partial charge in [-0.25, -0.2) is 15.1 Å². The minimum atomic E-state index is -1.43. The molecule has 1 aliphatic heterocycles. The van der Waals surface area contributed by atoms with Crippen molar-refractivity contribution in [3.8, 4) is 5.75 Å². The van der Waals surface area contributed by atoms with Crippen molar-refractivity contribution in [3.63, 3.8) is 0 Å². The molecule has 11 nitrogen and oxygen atoms in total. The first kappa shape index (κ1) is 24.8. The molecule has 6 amide bonds. The number of imide groups is 2. The predicted octanol–water partition coefficient (Wildman–Crippen LogP) is 2.56. The Kier molecular flexibility index (Phi) is 7.34. The quantitative estimate of drug-likeness (QED) is 0.259. The standard InChI is InChI=1S/C26H21N5O6/c1-37-20-13-11-19(12-14-20)31-25(35)21(24(34)29-26(31)36)15-27-30-23(33)17-7-9-18(10-8-17)28-22(32)16-5-3-2-4-6-16/h2-15,21H,1H3,(H,28,32)(H,30,33)(H,29,34,36). The monoisotopic (exact) mass is 499 g/mol. The predicted molar refractivity (Wildman–Crippen MR) is 134 cm³/mol. The van der Waals surface area contributed by atoms with Gasteiger partial charge < -0.3 is 10.1 Å². The van der Waals surface area contributed by atoms with Crippen molar-refractivity contribution >= 4 is 47.2 Å². The maximum Gasteiger partial charge on any atom is 0.335 e. The van der Waals surface area contributed by atoms with Gasteiger partial charge >= 0.3 is 6.03 Å². The molecule has 1 atom stereocenters. The highest BCUT2D eigenvalue weighted by Crippen LogP contribution is 2.23. The maximum absolute atomic E-state index is 12.8. The molecule has 1 unspecified atom stereocenters. The van der Waals surface area contributed by atoms with Crippen molar-refractivity contribution < 1.29 is 28.7 Å². The second-order valence-corrected chi connectivity index (χ2v) is 7.76. The Morgan fingerprint density at radius 1 is 0.892 bits per heavy atom. The van der Waals surface area contributed by atoms with E-state index in [9.17, 15) is 24.0 Å². The lowest BCUT2D eigenvalue weighted by atomic mass is 10.1. The molecule has 186 valence electrons. The van der Waals surface area contributed by atoms with Gasteiger partial charge in [-0.3, -0.25) is 24.5 Å². The van der Waals surface area contributed by atoms with Gasteiger partial charge in [0.15, 0.2) is 5.92 Å². The molecule has 0 bridgehead atoms. The molecular formula is C26H21N5O6. The van der Waals surface area contributed by atoms with Crippen molar-refractivity contribution in [3.05, 3.63) is 90.0 Å². The summed E-state index contributed by atoms with van der Waals surface area (Å²) in [6, 6.07) is 20.0. The van der Waals surface area contributed by atoms with Crippen LogP contribution in [0.15, 0.2) is 84.0 Å². The third kappa shape index (κ3) is 5.68. The first-order valence-electron chi connectivity index (χ1n) is 11.0. The fourth-order valence-corrected chi connectivity index (χ4v) is 3.43. The average Bonchev–Trinajstić information content (AvgIpc) is 2.91. The number of hydrazone groups is 1. The number of hydrogen-bond donors (Lipinski definition) is 3. The van der Waals surface area contributed by atoms with Gasteiger partial charge in [0.05, 0.1) is 12.8 Å². The number of ether oxygens (including phenoxy) is 1. The zero-order valence-electron chi connectivity index (χ0n) is 19.5. The Morgan fingerprint density at radius 3 is 2.19 bits per heavy atom. The second kappa shape index (κ2) is 11.0. The maximum atomic E-state index is 12.8. The van der Waals surface area contributed by atoms with E-state index in [0.717, 1.165) is 11.1 Å². The molecule has 0 aromatic heterocycles. The average molecular weight is 499 g/mol. The number of rotatable bonds is 7. The van der Waals surface area contributed by atoms with Crippen molar-refractivity contribution in [1.82, 2.24) is 10.7 Å². The highest BCUT2D eigenvalue weighted by atomic mass is 16.5. The summed E-state index contributed by atoms with van der Waals surface area (Å²) in [4.78, 5) is 62.8. The summed E-state index contributed by atoms with van der Waals surface area (Å²) >= 11 is 0. The fourth-order valence-electron chi connectivity index (χ4n) is 3.43. The molecular weight excluding hydrogens is 478 g/mol. The van der Waals surface area contributed by atoms with Crippen molar-refractivity contribution in [2.24, 2.45) is 11.0 Å². The smallest absolute Gasteiger partial charge is 0.335 e. The Bertz CT molecular complexity index is 1370. The molecule has 3 N–H and O–H groups in total. The van der Waals surface area contributed by atoms with Gasteiger partial charge in [0.2, 0.25) is 5.91 Å². The normalized spacial score (nSPS) is 15.3. The lowest BCUT2D eigenvalue weighted by Crippen LogP contribution is -2.58. The minimum absolute atomic E-state index is 0.226. The van der Waals surface area contributed by atoms with Gasteiger partial charge in [-0.15, -0.1) is 0 Å². The van der Waals surface area contributed by atoms with E-state index in [4.69, 9.17) is 4.74 Å². The lowest BCUT2D eigenvalue weighted by Gasteiger charge is -2.28. The molecule has 0 aliphatic carbocycles. The Balaban J connectivity index is 1.38. The molecule has 0 saturated carbocycles. The SMILES string of the molecule is COc1ccc(N2C(=O)NC(=O)C(C=NNC(=O)c3ccc(NC(=O)c4ccccc4)cc3)C2=O)cc1. The number of benzene rings is 3. The van der Waals surface area contributed by atoms with E-state index in [2.05, 4.69) is 21.2 Å². The Labute approximate surface area is 211 Å². The topological polar surface area (TPSA) is 146 Å².